The lowest BCUT2D eigenvalue weighted by Gasteiger charge is -2.31. The highest BCUT2D eigenvalue weighted by atomic mass is 32.2. The highest BCUT2D eigenvalue weighted by molar-refractivity contribution is 7.89. The van der Waals surface area contributed by atoms with Crippen molar-refractivity contribution in [2.24, 2.45) is 0 Å². The molecule has 6 nitrogen and oxygen atoms in total. The van der Waals surface area contributed by atoms with E-state index in [-0.39, 0.29) is 10.8 Å². The molecule has 176 valence electrons. The minimum Gasteiger partial charge on any atom is -0.339 e. The summed E-state index contributed by atoms with van der Waals surface area (Å²) in [4.78, 5) is 19.9. The van der Waals surface area contributed by atoms with Gasteiger partial charge in [0.05, 0.1) is 20.1 Å². The Morgan fingerprint density at radius 2 is 1.79 bits per heavy atom. The Morgan fingerprint density at radius 1 is 1.09 bits per heavy atom. The van der Waals surface area contributed by atoms with E-state index in [4.69, 9.17) is 4.98 Å². The van der Waals surface area contributed by atoms with Gasteiger partial charge in [-0.2, -0.15) is 4.31 Å². The highest BCUT2D eigenvalue weighted by Gasteiger charge is 2.27. The molecular weight excluding hydrogens is 454 g/mol. The summed E-state index contributed by atoms with van der Waals surface area (Å²) < 4.78 is 28.5. The van der Waals surface area contributed by atoms with Gasteiger partial charge in [0.2, 0.25) is 10.0 Å². The molecule has 1 aliphatic rings. The summed E-state index contributed by atoms with van der Waals surface area (Å²) in [5.74, 6) is 0.335. The second-order valence-corrected chi connectivity index (χ2v) is 11.5. The van der Waals surface area contributed by atoms with Gasteiger partial charge in [0.25, 0.3) is 5.91 Å². The molecule has 0 radical (unpaired) electrons. The SMILES string of the molecule is CCCCN(CC)S(=O)(=O)c1ccc(C(=O)N2CCC(c3nc4ccccc4s3)CC2)cc1. The van der Waals surface area contributed by atoms with E-state index in [9.17, 15) is 13.2 Å². The summed E-state index contributed by atoms with van der Waals surface area (Å²) in [6.45, 7) is 6.21. The fraction of sp³-hybridized carbons (Fsp3) is 0.440. The van der Waals surface area contributed by atoms with Crippen molar-refractivity contribution in [1.29, 1.82) is 0 Å². The number of hydrogen-bond acceptors (Lipinski definition) is 5. The molecule has 0 unspecified atom stereocenters. The van der Waals surface area contributed by atoms with E-state index in [0.717, 1.165) is 36.2 Å². The summed E-state index contributed by atoms with van der Waals surface area (Å²) in [6.07, 6.45) is 3.55. The predicted octanol–water partition coefficient (Wildman–Crippen LogP) is 5.13. The average Bonchev–Trinajstić information content (AvgIpc) is 3.28. The van der Waals surface area contributed by atoms with Crippen LogP contribution < -0.4 is 0 Å². The van der Waals surface area contributed by atoms with Crippen LogP contribution in [-0.4, -0.2) is 54.7 Å². The maximum atomic E-state index is 13.0. The number of benzene rings is 2. The number of thiazole rings is 1. The van der Waals surface area contributed by atoms with Crippen LogP contribution in [0, 0.1) is 0 Å². The van der Waals surface area contributed by atoms with E-state index in [1.165, 1.54) is 9.01 Å². The largest absolute Gasteiger partial charge is 0.339 e. The van der Waals surface area contributed by atoms with Gasteiger partial charge in [-0.3, -0.25) is 4.79 Å². The quantitative estimate of drug-likeness (QED) is 0.444. The van der Waals surface area contributed by atoms with E-state index in [2.05, 4.69) is 6.07 Å². The van der Waals surface area contributed by atoms with Gasteiger partial charge in [0, 0.05) is 37.7 Å². The standard InChI is InChI=1S/C25H31N3O3S2/c1-3-5-16-28(4-2)33(30,31)21-12-10-20(11-13-21)25(29)27-17-14-19(15-18-27)24-26-22-8-6-7-9-23(22)32-24/h6-13,19H,3-5,14-18H2,1-2H3. The number of piperidine rings is 1. The number of likely N-dealkylation sites (tertiary alicyclic amines) is 1. The maximum Gasteiger partial charge on any atom is 0.253 e. The van der Waals surface area contributed by atoms with Crippen molar-refractivity contribution >= 4 is 37.5 Å². The topological polar surface area (TPSA) is 70.6 Å². The third-order valence-electron chi connectivity index (χ3n) is 6.29. The van der Waals surface area contributed by atoms with Crippen LogP contribution in [0.4, 0.5) is 0 Å². The molecule has 0 atom stereocenters. The van der Waals surface area contributed by atoms with Crippen LogP contribution in [0.1, 0.15) is 60.8 Å². The lowest BCUT2D eigenvalue weighted by atomic mass is 9.97. The van der Waals surface area contributed by atoms with Gasteiger partial charge in [-0.25, -0.2) is 13.4 Å². The molecule has 2 heterocycles. The average molecular weight is 486 g/mol. The Bertz CT molecular complexity index is 1160. The number of unbranched alkanes of at least 4 members (excludes halogenated alkanes) is 1. The van der Waals surface area contributed by atoms with Crippen molar-refractivity contribution in [2.75, 3.05) is 26.2 Å². The second-order valence-electron chi connectivity index (χ2n) is 8.46. The molecule has 0 saturated carbocycles. The fourth-order valence-electron chi connectivity index (χ4n) is 4.28. The van der Waals surface area contributed by atoms with Gasteiger partial charge < -0.3 is 4.90 Å². The van der Waals surface area contributed by atoms with E-state index in [1.54, 1.807) is 35.6 Å². The van der Waals surface area contributed by atoms with Gasteiger partial charge in [0.1, 0.15) is 0 Å². The molecule has 0 aliphatic carbocycles. The van der Waals surface area contributed by atoms with Gasteiger partial charge in [-0.05, 0) is 55.7 Å². The van der Waals surface area contributed by atoms with E-state index in [0.29, 0.717) is 37.7 Å². The number of fused-ring (bicyclic) bond motifs is 1. The first-order valence-corrected chi connectivity index (χ1v) is 13.9. The molecule has 1 aliphatic heterocycles. The number of carbonyl (C=O) groups is 1. The monoisotopic (exact) mass is 485 g/mol. The fourth-order valence-corrected chi connectivity index (χ4v) is 6.90. The van der Waals surface area contributed by atoms with Gasteiger partial charge >= 0.3 is 0 Å². The summed E-state index contributed by atoms with van der Waals surface area (Å²) in [7, 11) is -3.54. The number of rotatable bonds is 8. The Morgan fingerprint density at radius 3 is 2.42 bits per heavy atom. The Kier molecular flexibility index (Phi) is 7.46. The second kappa shape index (κ2) is 10.3. The number of aromatic nitrogens is 1. The van der Waals surface area contributed by atoms with Crippen molar-refractivity contribution in [1.82, 2.24) is 14.2 Å². The van der Waals surface area contributed by atoms with Crippen LogP contribution >= 0.6 is 11.3 Å². The minimum absolute atomic E-state index is 0.0416. The van der Waals surface area contributed by atoms with Crippen LogP contribution in [0.2, 0.25) is 0 Å². The number of sulfonamides is 1. The molecule has 4 rings (SSSR count). The molecule has 1 amide bonds. The Hall–Kier alpha value is -2.29. The molecule has 0 bridgehead atoms. The summed E-state index contributed by atoms with van der Waals surface area (Å²) in [5.41, 5.74) is 1.58. The van der Waals surface area contributed by atoms with Crippen molar-refractivity contribution in [3.8, 4) is 0 Å². The lowest BCUT2D eigenvalue weighted by molar-refractivity contribution is 0.0713. The highest BCUT2D eigenvalue weighted by Crippen LogP contribution is 2.34. The zero-order chi connectivity index (χ0) is 23.4. The predicted molar refractivity (Wildman–Crippen MR) is 133 cm³/mol. The lowest BCUT2D eigenvalue weighted by Crippen LogP contribution is -2.38. The smallest absolute Gasteiger partial charge is 0.253 e. The summed E-state index contributed by atoms with van der Waals surface area (Å²) in [5, 5.41) is 1.15. The molecule has 1 saturated heterocycles. The number of amides is 1. The first-order chi connectivity index (χ1) is 15.9. The molecule has 0 spiro atoms. The molecule has 2 aromatic carbocycles. The molecule has 1 fully saturated rings. The van der Waals surface area contributed by atoms with Gasteiger partial charge in [-0.1, -0.05) is 32.4 Å². The molecule has 33 heavy (non-hydrogen) atoms. The van der Waals surface area contributed by atoms with Crippen LogP contribution in [-0.2, 0) is 10.0 Å². The number of carbonyl (C=O) groups excluding carboxylic acids is 1. The normalized spacial score (nSPS) is 15.4. The van der Waals surface area contributed by atoms with Crippen molar-refractivity contribution in [3.05, 3.63) is 59.1 Å². The van der Waals surface area contributed by atoms with Crippen molar-refractivity contribution in [3.63, 3.8) is 0 Å². The van der Waals surface area contributed by atoms with Crippen LogP contribution in [0.3, 0.4) is 0 Å². The molecule has 1 aromatic heterocycles. The van der Waals surface area contributed by atoms with Crippen molar-refractivity contribution in [2.45, 2.75) is 50.3 Å². The van der Waals surface area contributed by atoms with Crippen molar-refractivity contribution < 1.29 is 13.2 Å². The third-order valence-corrected chi connectivity index (χ3v) is 9.48. The van der Waals surface area contributed by atoms with Gasteiger partial charge in [0.15, 0.2) is 0 Å². The summed E-state index contributed by atoms with van der Waals surface area (Å²) in [6, 6.07) is 14.6. The molecular formula is C25H31N3O3S2. The zero-order valence-corrected chi connectivity index (χ0v) is 20.9. The first-order valence-electron chi connectivity index (χ1n) is 11.7. The summed E-state index contributed by atoms with van der Waals surface area (Å²) >= 11 is 1.75. The Balaban J connectivity index is 1.39. The molecule has 0 N–H and O–H groups in total. The minimum atomic E-state index is -3.54. The van der Waals surface area contributed by atoms with Crippen LogP contribution in [0.15, 0.2) is 53.4 Å². The molecule has 8 heteroatoms. The number of hydrogen-bond donors (Lipinski definition) is 0. The van der Waals surface area contributed by atoms with E-state index >= 15 is 0 Å². The molecule has 3 aromatic rings. The van der Waals surface area contributed by atoms with Gasteiger partial charge in [-0.15, -0.1) is 11.3 Å². The zero-order valence-electron chi connectivity index (χ0n) is 19.2. The maximum absolute atomic E-state index is 13.0. The Labute approximate surface area is 200 Å². The third kappa shape index (κ3) is 5.13. The van der Waals surface area contributed by atoms with E-state index in [1.807, 2.05) is 36.9 Å². The number of para-hydroxylation sites is 1. The first kappa shape index (κ1) is 23.9. The van der Waals surface area contributed by atoms with E-state index < -0.39 is 10.0 Å². The number of nitrogens with zero attached hydrogens (tertiary/aromatic N) is 3. The van der Waals surface area contributed by atoms with Crippen LogP contribution in [0.5, 0.6) is 0 Å². The van der Waals surface area contributed by atoms with Crippen LogP contribution in [0.25, 0.3) is 10.2 Å².